The van der Waals surface area contributed by atoms with Crippen LogP contribution in [0.15, 0.2) is 261 Å². The molecule has 0 fully saturated rings. The number of nitrogens with zero attached hydrogens (tertiary/aromatic N) is 1. The van der Waals surface area contributed by atoms with Gasteiger partial charge in [0.15, 0.2) is 0 Å². The molecule has 0 atom stereocenters. The summed E-state index contributed by atoms with van der Waals surface area (Å²) < 4.78 is 0. The molecule has 0 bridgehead atoms. The van der Waals surface area contributed by atoms with Gasteiger partial charge in [0.2, 0.25) is 0 Å². The zero-order valence-electron chi connectivity index (χ0n) is 34.8. The Bertz CT molecular complexity index is 3320. The molecule has 0 N–H and O–H groups in total. The maximum atomic E-state index is 2.42. The first-order valence-corrected chi connectivity index (χ1v) is 21.7. The van der Waals surface area contributed by atoms with E-state index in [1.165, 1.54) is 82.7 Å². The molecule has 0 saturated heterocycles. The smallest absolute Gasteiger partial charge is 0.0540 e. The zero-order chi connectivity index (χ0) is 42.0. The summed E-state index contributed by atoms with van der Waals surface area (Å²) >= 11 is 0. The van der Waals surface area contributed by atoms with Gasteiger partial charge in [0.1, 0.15) is 0 Å². The fourth-order valence-electron chi connectivity index (χ4n) is 9.33. The highest BCUT2D eigenvalue weighted by Crippen LogP contribution is 2.51. The highest BCUT2D eigenvalue weighted by Gasteiger charge is 2.24. The number of benzene rings is 11. The molecule has 1 nitrogen and oxygen atoms in total. The normalized spacial score (nSPS) is 11.2. The molecule has 1 heteroatoms. The van der Waals surface area contributed by atoms with Gasteiger partial charge in [-0.1, -0.05) is 224 Å². The Hall–Kier alpha value is -8.26. The lowest BCUT2D eigenvalue weighted by molar-refractivity contribution is 1.30. The average Bonchev–Trinajstić information content (AvgIpc) is 3.37. The van der Waals surface area contributed by atoms with Crippen LogP contribution in [0.2, 0.25) is 0 Å². The topological polar surface area (TPSA) is 3.24 Å². The molecule has 0 unspecified atom stereocenters. The van der Waals surface area contributed by atoms with Gasteiger partial charge in [-0.3, -0.25) is 0 Å². The van der Waals surface area contributed by atoms with E-state index in [9.17, 15) is 0 Å². The minimum atomic E-state index is 1.10. The second-order valence-corrected chi connectivity index (χ2v) is 16.0. The van der Waals surface area contributed by atoms with E-state index in [1.807, 2.05) is 0 Å². The third-order valence-electron chi connectivity index (χ3n) is 12.3. The van der Waals surface area contributed by atoms with Crippen molar-refractivity contribution in [2.45, 2.75) is 0 Å². The number of anilines is 3. The fraction of sp³-hybridized carbons (Fsp3) is 0. The van der Waals surface area contributed by atoms with E-state index in [0.717, 1.165) is 22.6 Å². The third kappa shape index (κ3) is 7.16. The van der Waals surface area contributed by atoms with Gasteiger partial charge in [0, 0.05) is 16.8 Å². The van der Waals surface area contributed by atoms with Crippen molar-refractivity contribution in [3.63, 3.8) is 0 Å². The maximum absolute atomic E-state index is 2.42. The molecule has 0 aliphatic heterocycles. The monoisotopic (exact) mass is 801 g/mol. The third-order valence-corrected chi connectivity index (χ3v) is 12.3. The Morgan fingerprint density at radius 2 is 0.571 bits per heavy atom. The van der Waals surface area contributed by atoms with Crippen molar-refractivity contribution in [3.05, 3.63) is 261 Å². The van der Waals surface area contributed by atoms with E-state index >= 15 is 0 Å². The second kappa shape index (κ2) is 16.7. The summed E-state index contributed by atoms with van der Waals surface area (Å²) in [6.07, 6.45) is 0. The summed E-state index contributed by atoms with van der Waals surface area (Å²) in [4.78, 5) is 2.39. The molecule has 0 amide bonds. The molecule has 0 saturated carbocycles. The summed E-state index contributed by atoms with van der Waals surface area (Å²) in [5.41, 5.74) is 17.8. The van der Waals surface area contributed by atoms with Gasteiger partial charge >= 0.3 is 0 Å². The first-order valence-electron chi connectivity index (χ1n) is 21.7. The first kappa shape index (κ1) is 37.7. The lowest BCUT2D eigenvalue weighted by Gasteiger charge is -2.27. The van der Waals surface area contributed by atoms with E-state index in [2.05, 4.69) is 266 Å². The van der Waals surface area contributed by atoms with Crippen LogP contribution in [-0.4, -0.2) is 0 Å². The molecule has 0 heterocycles. The van der Waals surface area contributed by atoms with Crippen LogP contribution < -0.4 is 4.90 Å². The van der Waals surface area contributed by atoms with Crippen LogP contribution in [-0.2, 0) is 0 Å². The summed E-state index contributed by atoms with van der Waals surface area (Å²) in [6.45, 7) is 0. The maximum Gasteiger partial charge on any atom is 0.0540 e. The minimum absolute atomic E-state index is 1.10. The van der Waals surface area contributed by atoms with E-state index < -0.39 is 0 Å². The number of rotatable bonds is 9. The number of fused-ring (bicyclic) bond motifs is 2. The van der Waals surface area contributed by atoms with Crippen LogP contribution in [0.3, 0.4) is 0 Å². The van der Waals surface area contributed by atoms with Gasteiger partial charge in [0.25, 0.3) is 0 Å². The minimum Gasteiger partial charge on any atom is -0.310 e. The van der Waals surface area contributed by atoms with Gasteiger partial charge in [-0.25, -0.2) is 0 Å². The van der Waals surface area contributed by atoms with E-state index in [1.54, 1.807) is 0 Å². The molecular weight excluding hydrogens is 759 g/mol. The second-order valence-electron chi connectivity index (χ2n) is 16.0. The largest absolute Gasteiger partial charge is 0.310 e. The average molecular weight is 802 g/mol. The van der Waals surface area contributed by atoms with Gasteiger partial charge in [-0.15, -0.1) is 0 Å². The molecule has 11 rings (SSSR count). The molecule has 0 radical (unpaired) electrons. The van der Waals surface area contributed by atoms with Crippen LogP contribution in [0.1, 0.15) is 0 Å². The van der Waals surface area contributed by atoms with Crippen LogP contribution in [0.4, 0.5) is 17.1 Å². The van der Waals surface area contributed by atoms with Crippen molar-refractivity contribution in [2.24, 2.45) is 0 Å². The van der Waals surface area contributed by atoms with Gasteiger partial charge in [0.05, 0.1) is 5.69 Å². The van der Waals surface area contributed by atoms with Crippen molar-refractivity contribution in [1.29, 1.82) is 0 Å². The first-order chi connectivity index (χ1) is 31.3. The van der Waals surface area contributed by atoms with E-state index in [0.29, 0.717) is 0 Å². The van der Waals surface area contributed by atoms with Crippen LogP contribution in [0.25, 0.3) is 88.3 Å². The molecule has 11 aromatic rings. The summed E-state index contributed by atoms with van der Waals surface area (Å²) in [5.74, 6) is 0. The predicted molar refractivity (Wildman–Crippen MR) is 269 cm³/mol. The van der Waals surface area contributed by atoms with Gasteiger partial charge < -0.3 is 4.90 Å². The van der Waals surface area contributed by atoms with Crippen molar-refractivity contribution < 1.29 is 0 Å². The predicted octanol–water partition coefficient (Wildman–Crippen LogP) is 17.5. The van der Waals surface area contributed by atoms with E-state index in [-0.39, 0.29) is 0 Å². The van der Waals surface area contributed by atoms with E-state index in [4.69, 9.17) is 0 Å². The Labute approximate surface area is 369 Å². The van der Waals surface area contributed by atoms with Crippen LogP contribution >= 0.6 is 0 Å². The van der Waals surface area contributed by atoms with Gasteiger partial charge in [-0.2, -0.15) is 0 Å². The zero-order valence-corrected chi connectivity index (χ0v) is 34.8. The molecular formula is C62H43N. The van der Waals surface area contributed by atoms with Crippen LogP contribution in [0, 0.1) is 0 Å². The SMILES string of the molecule is c1ccc(-c2ccc(N(c3ccc(-c4ccc5c(-c6ccccc6)c(-c6ccccc6)c(-c6ccccc6)c(-c6ccccc6)c5c4)cc3)c3cccc4ccccc34)cc2)cc1. The Morgan fingerprint density at radius 3 is 1.08 bits per heavy atom. The summed E-state index contributed by atoms with van der Waals surface area (Å²) in [6, 6.07) is 94.6. The molecule has 0 spiro atoms. The molecule has 11 aromatic carbocycles. The lowest BCUT2D eigenvalue weighted by atomic mass is 9.78. The highest BCUT2D eigenvalue weighted by atomic mass is 15.1. The lowest BCUT2D eigenvalue weighted by Crippen LogP contribution is -2.10. The quantitative estimate of drug-likeness (QED) is 0.141. The molecule has 296 valence electrons. The Balaban J connectivity index is 1.11. The van der Waals surface area contributed by atoms with Crippen molar-refractivity contribution in [3.8, 4) is 66.8 Å². The van der Waals surface area contributed by atoms with Crippen molar-refractivity contribution in [2.75, 3.05) is 4.90 Å². The molecule has 0 aliphatic rings. The Kier molecular flexibility index (Phi) is 9.97. The standard InChI is InChI=1S/C62H43N/c1-6-19-44(20-7-1)45-33-38-53(39-34-45)63(58-32-18-30-47-21-16-17-31-55(47)58)54-40-35-46(36-41-54)52-37-42-56-57(43-52)60(49-24-10-3-11-25-49)62(51-28-14-5-15-29-51)61(50-26-12-4-13-27-50)59(56)48-22-8-2-9-23-48/h1-43H. The highest BCUT2D eigenvalue weighted by molar-refractivity contribution is 6.19. The summed E-state index contributed by atoms with van der Waals surface area (Å²) in [7, 11) is 0. The summed E-state index contributed by atoms with van der Waals surface area (Å²) in [5, 5.41) is 4.86. The van der Waals surface area contributed by atoms with Crippen molar-refractivity contribution in [1.82, 2.24) is 0 Å². The number of hydrogen-bond acceptors (Lipinski definition) is 1. The van der Waals surface area contributed by atoms with Crippen molar-refractivity contribution >= 4 is 38.6 Å². The van der Waals surface area contributed by atoms with Crippen LogP contribution in [0.5, 0.6) is 0 Å². The molecule has 63 heavy (non-hydrogen) atoms. The number of hydrogen-bond donors (Lipinski definition) is 0. The fourth-order valence-corrected chi connectivity index (χ4v) is 9.33. The molecule has 0 aliphatic carbocycles. The Morgan fingerprint density at radius 1 is 0.206 bits per heavy atom. The molecule has 0 aromatic heterocycles. The van der Waals surface area contributed by atoms with Gasteiger partial charge in [-0.05, 0) is 119 Å².